The smallest absolute Gasteiger partial charge is 0.416 e. The van der Waals surface area contributed by atoms with Crippen LogP contribution < -0.4 is 4.74 Å². The van der Waals surface area contributed by atoms with E-state index in [1.165, 1.54) is 6.08 Å². The van der Waals surface area contributed by atoms with Crippen molar-refractivity contribution in [2.75, 3.05) is 0 Å². The van der Waals surface area contributed by atoms with Gasteiger partial charge in [0, 0.05) is 13.8 Å². The number of hydrogen-bond acceptors (Lipinski definition) is 6. The van der Waals surface area contributed by atoms with Gasteiger partial charge in [0.1, 0.15) is 11.8 Å². The first-order valence-electron chi connectivity index (χ1n) is 7.76. The molecule has 2 rings (SSSR count). The number of para-hydroxylation sites is 1. The summed E-state index contributed by atoms with van der Waals surface area (Å²) in [4.78, 5) is 23.3. The Hall–Kier alpha value is -3.59. The fourth-order valence-corrected chi connectivity index (χ4v) is 2.15. The molecule has 0 aromatic heterocycles. The van der Waals surface area contributed by atoms with Gasteiger partial charge >= 0.3 is 17.9 Å². The highest BCUT2D eigenvalue weighted by atomic mass is 16.9. The lowest BCUT2D eigenvalue weighted by Gasteiger charge is -2.30. The molecule has 0 radical (unpaired) electrons. The van der Waals surface area contributed by atoms with Gasteiger partial charge in [0.15, 0.2) is 5.57 Å². The zero-order valence-electron chi connectivity index (χ0n) is 14.3. The molecule has 0 spiro atoms. The van der Waals surface area contributed by atoms with Crippen molar-refractivity contribution in [1.29, 1.82) is 5.26 Å². The monoisotopic (exact) mass is 351 g/mol. The van der Waals surface area contributed by atoms with Crippen LogP contribution in [0.4, 0.5) is 0 Å². The van der Waals surface area contributed by atoms with Crippen molar-refractivity contribution in [2.24, 2.45) is 0 Å². The standard InChI is InChI=1S/C20H17NO5/c1-15(22)24-20(25-16(2)23,26-19-11-7-4-8-12-19)18(14-21)13-17-9-5-3-6-10-17/h3-13H,1-2H3. The number of esters is 2. The van der Waals surface area contributed by atoms with E-state index in [-0.39, 0.29) is 11.3 Å². The predicted octanol–water partition coefficient (Wildman–Crippen LogP) is 3.45. The molecule has 0 bridgehead atoms. The van der Waals surface area contributed by atoms with Crippen molar-refractivity contribution < 1.29 is 23.8 Å². The molecule has 6 heteroatoms. The van der Waals surface area contributed by atoms with Crippen molar-refractivity contribution in [3.63, 3.8) is 0 Å². The van der Waals surface area contributed by atoms with Crippen LogP contribution in [0.15, 0.2) is 66.2 Å². The van der Waals surface area contributed by atoms with Crippen molar-refractivity contribution in [2.45, 2.75) is 19.8 Å². The minimum atomic E-state index is -2.33. The second-order valence-corrected chi connectivity index (χ2v) is 5.24. The molecule has 0 aliphatic rings. The molecule has 0 saturated heterocycles. The highest BCUT2D eigenvalue weighted by molar-refractivity contribution is 5.71. The van der Waals surface area contributed by atoms with E-state index in [2.05, 4.69) is 0 Å². The summed E-state index contributed by atoms with van der Waals surface area (Å²) in [6.45, 7) is 2.26. The fraction of sp³-hybridized carbons (Fsp3) is 0.150. The van der Waals surface area contributed by atoms with E-state index in [1.54, 1.807) is 54.6 Å². The summed E-state index contributed by atoms with van der Waals surface area (Å²) in [6.07, 6.45) is 1.43. The topological polar surface area (TPSA) is 85.6 Å². The Morgan fingerprint density at radius 2 is 1.42 bits per heavy atom. The average molecular weight is 351 g/mol. The molecule has 6 nitrogen and oxygen atoms in total. The SMILES string of the molecule is CC(=O)OC(OC(C)=O)(Oc1ccccc1)C(C#N)=Cc1ccccc1. The summed E-state index contributed by atoms with van der Waals surface area (Å²) in [6, 6.07) is 19.1. The van der Waals surface area contributed by atoms with Crippen molar-refractivity contribution in [3.8, 4) is 11.8 Å². The Morgan fingerprint density at radius 1 is 0.923 bits per heavy atom. The Kier molecular flexibility index (Phi) is 6.12. The molecule has 26 heavy (non-hydrogen) atoms. The van der Waals surface area contributed by atoms with E-state index in [0.29, 0.717) is 5.56 Å². The molecule has 0 amide bonds. The summed E-state index contributed by atoms with van der Waals surface area (Å²) in [7, 11) is 0. The summed E-state index contributed by atoms with van der Waals surface area (Å²) in [5.74, 6) is -3.64. The zero-order chi connectivity index (χ0) is 19.0. The lowest BCUT2D eigenvalue weighted by atomic mass is 10.1. The third-order valence-corrected chi connectivity index (χ3v) is 3.11. The number of rotatable bonds is 6. The highest BCUT2D eigenvalue weighted by Gasteiger charge is 2.46. The Labute approximate surface area is 151 Å². The summed E-state index contributed by atoms with van der Waals surface area (Å²) < 4.78 is 16.0. The van der Waals surface area contributed by atoms with E-state index in [0.717, 1.165) is 13.8 Å². The van der Waals surface area contributed by atoms with Crippen LogP contribution in [0.3, 0.4) is 0 Å². The highest BCUT2D eigenvalue weighted by Crippen LogP contribution is 2.30. The molecule has 0 unspecified atom stereocenters. The largest absolute Gasteiger partial charge is 0.462 e. The molecular formula is C20H17NO5. The number of nitrogens with zero attached hydrogens (tertiary/aromatic N) is 1. The van der Waals surface area contributed by atoms with Gasteiger partial charge in [-0.2, -0.15) is 5.26 Å². The van der Waals surface area contributed by atoms with Gasteiger partial charge in [-0.05, 0) is 23.8 Å². The van der Waals surface area contributed by atoms with Gasteiger partial charge in [-0.1, -0.05) is 48.5 Å². The molecule has 2 aromatic rings. The van der Waals surface area contributed by atoms with Crippen LogP contribution in [0, 0.1) is 11.3 Å². The second-order valence-electron chi connectivity index (χ2n) is 5.24. The molecule has 0 aliphatic carbocycles. The van der Waals surface area contributed by atoms with Gasteiger partial charge in [0.25, 0.3) is 0 Å². The molecule has 0 fully saturated rings. The predicted molar refractivity (Wildman–Crippen MR) is 93.4 cm³/mol. The van der Waals surface area contributed by atoms with Crippen molar-refractivity contribution in [3.05, 3.63) is 71.8 Å². The normalized spacial score (nSPS) is 11.2. The van der Waals surface area contributed by atoms with Crippen LogP contribution in [0.25, 0.3) is 6.08 Å². The first-order valence-corrected chi connectivity index (χ1v) is 7.76. The maximum atomic E-state index is 11.7. The molecule has 0 atom stereocenters. The van der Waals surface area contributed by atoms with Crippen LogP contribution in [0.1, 0.15) is 19.4 Å². The molecular weight excluding hydrogens is 334 g/mol. The van der Waals surface area contributed by atoms with Crippen molar-refractivity contribution in [1.82, 2.24) is 0 Å². The quantitative estimate of drug-likeness (QED) is 0.450. The van der Waals surface area contributed by atoms with Crippen LogP contribution in [-0.2, 0) is 19.1 Å². The molecule has 0 N–H and O–H groups in total. The third-order valence-electron chi connectivity index (χ3n) is 3.11. The first-order chi connectivity index (χ1) is 12.4. The van der Waals surface area contributed by atoms with Gasteiger partial charge in [0.05, 0.1) is 0 Å². The molecule has 0 saturated carbocycles. The third kappa shape index (κ3) is 4.95. The van der Waals surface area contributed by atoms with Gasteiger partial charge < -0.3 is 14.2 Å². The van der Waals surface area contributed by atoms with Gasteiger partial charge in [-0.3, -0.25) is 9.59 Å². The minimum Gasteiger partial charge on any atom is -0.416 e. The molecule has 2 aromatic carbocycles. The Morgan fingerprint density at radius 3 is 1.88 bits per heavy atom. The maximum absolute atomic E-state index is 11.7. The summed E-state index contributed by atoms with van der Waals surface area (Å²) >= 11 is 0. The van der Waals surface area contributed by atoms with Crippen LogP contribution >= 0.6 is 0 Å². The fourth-order valence-electron chi connectivity index (χ4n) is 2.15. The summed E-state index contributed by atoms with van der Waals surface area (Å²) in [5.41, 5.74) is 0.447. The van der Waals surface area contributed by atoms with Crippen LogP contribution in [0.5, 0.6) is 5.75 Å². The number of ether oxygens (including phenoxy) is 3. The zero-order valence-corrected chi connectivity index (χ0v) is 14.3. The van der Waals surface area contributed by atoms with Gasteiger partial charge in [-0.15, -0.1) is 0 Å². The van der Waals surface area contributed by atoms with E-state index < -0.39 is 17.9 Å². The lowest BCUT2D eigenvalue weighted by molar-refractivity contribution is -0.283. The number of carbonyl (C=O) groups is 2. The number of nitriles is 1. The second kappa shape index (κ2) is 8.49. The minimum absolute atomic E-state index is 0.196. The number of benzene rings is 2. The van der Waals surface area contributed by atoms with E-state index in [1.807, 2.05) is 12.1 Å². The number of hydrogen-bond donors (Lipinski definition) is 0. The van der Waals surface area contributed by atoms with Crippen molar-refractivity contribution >= 4 is 18.0 Å². The molecule has 0 heterocycles. The molecule has 132 valence electrons. The summed E-state index contributed by atoms with van der Waals surface area (Å²) in [5, 5.41) is 9.65. The van der Waals surface area contributed by atoms with Gasteiger partial charge in [-0.25, -0.2) is 0 Å². The maximum Gasteiger partial charge on any atom is 0.462 e. The van der Waals surface area contributed by atoms with Crippen LogP contribution in [0.2, 0.25) is 0 Å². The van der Waals surface area contributed by atoms with E-state index >= 15 is 0 Å². The Bertz CT molecular complexity index is 822. The van der Waals surface area contributed by atoms with E-state index in [4.69, 9.17) is 14.2 Å². The average Bonchev–Trinajstić information content (AvgIpc) is 2.60. The van der Waals surface area contributed by atoms with E-state index in [9.17, 15) is 14.9 Å². The lowest BCUT2D eigenvalue weighted by Crippen LogP contribution is -2.46. The van der Waals surface area contributed by atoms with Crippen LogP contribution in [-0.4, -0.2) is 17.9 Å². The first kappa shape index (κ1) is 18.7. The van der Waals surface area contributed by atoms with Gasteiger partial charge in [0.2, 0.25) is 0 Å². The Balaban J connectivity index is 2.58. The molecule has 0 aliphatic heterocycles. The number of carbonyl (C=O) groups excluding carboxylic acids is 2.